The topological polar surface area (TPSA) is 49.2 Å². The maximum absolute atomic E-state index is 5.69. The van der Waals surface area contributed by atoms with E-state index < -0.39 is 0 Å². The Bertz CT molecular complexity index is 589. The van der Waals surface area contributed by atoms with Gasteiger partial charge in [0.05, 0.1) is 30.9 Å². The number of hydrogen-bond donors (Lipinski definition) is 0. The smallest absolute Gasteiger partial charge is 0.133 e. The van der Waals surface area contributed by atoms with Gasteiger partial charge in [-0.15, -0.1) is 16.7 Å². The van der Waals surface area contributed by atoms with Crippen molar-refractivity contribution in [2.45, 2.75) is 13.0 Å². The molecule has 5 nitrogen and oxygen atoms in total. The number of hydrogen-bond acceptors (Lipinski definition) is 4. The van der Waals surface area contributed by atoms with Gasteiger partial charge >= 0.3 is 0 Å². The van der Waals surface area contributed by atoms with E-state index in [0.717, 1.165) is 27.2 Å². The van der Waals surface area contributed by atoms with Gasteiger partial charge in [-0.2, -0.15) is 0 Å². The molecule has 108 valence electrons. The van der Waals surface area contributed by atoms with Crippen LogP contribution in [0.25, 0.3) is 0 Å². The summed E-state index contributed by atoms with van der Waals surface area (Å²) in [6.45, 7) is 0.558. The third-order valence-electron chi connectivity index (χ3n) is 2.82. The highest BCUT2D eigenvalue weighted by molar-refractivity contribution is 9.10. The Hall–Kier alpha value is -1.27. The highest BCUT2D eigenvalue weighted by Crippen LogP contribution is 2.33. The summed E-state index contributed by atoms with van der Waals surface area (Å²) in [6.07, 6.45) is 2.60. The van der Waals surface area contributed by atoms with E-state index in [-0.39, 0.29) is 0 Å². The molecule has 1 heterocycles. The quantitative estimate of drug-likeness (QED) is 0.743. The van der Waals surface area contributed by atoms with E-state index >= 15 is 0 Å². The first-order chi connectivity index (χ1) is 9.67. The molecule has 0 saturated carbocycles. The van der Waals surface area contributed by atoms with Gasteiger partial charge in [0.2, 0.25) is 0 Å². The lowest BCUT2D eigenvalue weighted by Crippen LogP contribution is -2.03. The third kappa shape index (κ3) is 3.43. The van der Waals surface area contributed by atoms with Crippen molar-refractivity contribution < 1.29 is 9.47 Å². The van der Waals surface area contributed by atoms with Crippen molar-refractivity contribution in [1.82, 2.24) is 15.0 Å². The summed E-state index contributed by atoms with van der Waals surface area (Å²) in [5.74, 6) is 2.06. The van der Waals surface area contributed by atoms with Gasteiger partial charge < -0.3 is 9.47 Å². The molecule has 2 aromatic rings. The molecule has 0 bridgehead atoms. The van der Waals surface area contributed by atoms with E-state index in [9.17, 15) is 0 Å². The fourth-order valence-electron chi connectivity index (χ4n) is 1.85. The minimum absolute atomic E-state index is 0.536. The largest absolute Gasteiger partial charge is 0.496 e. The molecule has 0 unspecified atom stereocenters. The van der Waals surface area contributed by atoms with Crippen molar-refractivity contribution in [2.75, 3.05) is 20.1 Å². The number of aromatic nitrogens is 3. The Labute approximate surface area is 131 Å². The molecule has 20 heavy (non-hydrogen) atoms. The fraction of sp³-hybridized carbons (Fsp3) is 0.385. The SMILES string of the molecule is COc1cc(Cn2cc(CCCl)nn2)c(OC)cc1Br. The summed E-state index contributed by atoms with van der Waals surface area (Å²) in [6, 6.07) is 3.80. The third-order valence-corrected chi connectivity index (χ3v) is 3.63. The first kappa shape index (κ1) is 15.1. The van der Waals surface area contributed by atoms with Crippen molar-refractivity contribution in [2.24, 2.45) is 0 Å². The standard InChI is InChI=1S/C13H15BrClN3O2/c1-19-12-6-11(14)13(20-2)5-9(12)7-18-8-10(3-4-15)16-17-18/h5-6,8H,3-4,7H2,1-2H3. The van der Waals surface area contributed by atoms with Crippen molar-refractivity contribution in [3.8, 4) is 11.5 Å². The van der Waals surface area contributed by atoms with E-state index in [1.165, 1.54) is 0 Å². The second-order valence-electron chi connectivity index (χ2n) is 4.15. The predicted molar refractivity (Wildman–Crippen MR) is 80.8 cm³/mol. The molecular weight excluding hydrogens is 346 g/mol. The van der Waals surface area contributed by atoms with Crippen LogP contribution in [-0.2, 0) is 13.0 Å². The molecule has 7 heteroatoms. The molecule has 1 aromatic carbocycles. The van der Waals surface area contributed by atoms with Gasteiger partial charge in [0.15, 0.2) is 0 Å². The molecule has 0 radical (unpaired) electrons. The molecule has 0 aliphatic rings. The summed E-state index contributed by atoms with van der Waals surface area (Å²) >= 11 is 9.13. The summed E-state index contributed by atoms with van der Waals surface area (Å²) < 4.78 is 13.3. The van der Waals surface area contributed by atoms with Crippen molar-refractivity contribution >= 4 is 27.5 Å². The van der Waals surface area contributed by atoms with Gasteiger partial charge in [-0.05, 0) is 28.1 Å². The summed E-state index contributed by atoms with van der Waals surface area (Å²) in [5, 5.41) is 8.15. The Balaban J connectivity index is 2.26. The van der Waals surface area contributed by atoms with Crippen LogP contribution in [0, 0.1) is 0 Å². The summed E-state index contributed by atoms with van der Waals surface area (Å²) in [7, 11) is 3.27. The van der Waals surface area contributed by atoms with Crippen LogP contribution in [0.15, 0.2) is 22.8 Å². The van der Waals surface area contributed by atoms with Crippen LogP contribution >= 0.6 is 27.5 Å². The minimum Gasteiger partial charge on any atom is -0.496 e. The van der Waals surface area contributed by atoms with Crippen molar-refractivity contribution in [3.05, 3.63) is 34.1 Å². The van der Waals surface area contributed by atoms with Gasteiger partial charge in [-0.3, -0.25) is 0 Å². The van der Waals surface area contributed by atoms with Crippen LogP contribution < -0.4 is 9.47 Å². The Kier molecular flexibility index (Phi) is 5.25. The highest BCUT2D eigenvalue weighted by Gasteiger charge is 2.11. The van der Waals surface area contributed by atoms with Crippen LogP contribution in [0.2, 0.25) is 0 Å². The first-order valence-corrected chi connectivity index (χ1v) is 7.36. The number of alkyl halides is 1. The molecular formula is C13H15BrClN3O2. The van der Waals surface area contributed by atoms with Crippen molar-refractivity contribution in [3.63, 3.8) is 0 Å². The van der Waals surface area contributed by atoms with Crippen LogP contribution in [0.5, 0.6) is 11.5 Å². The summed E-state index contributed by atoms with van der Waals surface area (Å²) in [4.78, 5) is 0. The maximum Gasteiger partial charge on any atom is 0.133 e. The molecule has 1 aromatic heterocycles. The lowest BCUT2D eigenvalue weighted by Gasteiger charge is -2.12. The molecule has 0 N–H and O–H groups in total. The fourth-order valence-corrected chi connectivity index (χ4v) is 2.53. The molecule has 0 atom stereocenters. The van der Waals surface area contributed by atoms with Gasteiger partial charge in [0.25, 0.3) is 0 Å². The van der Waals surface area contributed by atoms with E-state index in [1.807, 2.05) is 18.3 Å². The van der Waals surface area contributed by atoms with Gasteiger partial charge in [-0.1, -0.05) is 5.21 Å². The van der Waals surface area contributed by atoms with E-state index in [1.54, 1.807) is 18.9 Å². The summed E-state index contributed by atoms with van der Waals surface area (Å²) in [5.41, 5.74) is 1.85. The zero-order chi connectivity index (χ0) is 14.5. The Morgan fingerprint density at radius 2 is 2.00 bits per heavy atom. The van der Waals surface area contributed by atoms with E-state index in [4.69, 9.17) is 21.1 Å². The number of halogens is 2. The molecule has 2 rings (SSSR count). The number of methoxy groups -OCH3 is 2. The molecule has 0 aliphatic heterocycles. The molecule has 0 amide bonds. The lowest BCUT2D eigenvalue weighted by molar-refractivity contribution is 0.394. The average Bonchev–Trinajstić information content (AvgIpc) is 2.88. The monoisotopic (exact) mass is 359 g/mol. The molecule has 0 spiro atoms. The number of benzene rings is 1. The molecule has 0 saturated heterocycles. The Morgan fingerprint density at radius 1 is 1.25 bits per heavy atom. The minimum atomic E-state index is 0.536. The number of rotatable bonds is 6. The van der Waals surface area contributed by atoms with Crippen LogP contribution in [0.4, 0.5) is 0 Å². The van der Waals surface area contributed by atoms with E-state index in [2.05, 4.69) is 26.2 Å². The van der Waals surface area contributed by atoms with Crippen LogP contribution in [0.3, 0.4) is 0 Å². The van der Waals surface area contributed by atoms with Crippen molar-refractivity contribution in [1.29, 1.82) is 0 Å². The second kappa shape index (κ2) is 6.95. The normalized spacial score (nSPS) is 10.6. The zero-order valence-corrected chi connectivity index (χ0v) is 13.6. The van der Waals surface area contributed by atoms with Gasteiger partial charge in [0, 0.05) is 24.1 Å². The number of nitrogens with zero attached hydrogens (tertiary/aromatic N) is 3. The highest BCUT2D eigenvalue weighted by atomic mass is 79.9. The van der Waals surface area contributed by atoms with Gasteiger partial charge in [-0.25, -0.2) is 4.68 Å². The van der Waals surface area contributed by atoms with Crippen LogP contribution in [0.1, 0.15) is 11.3 Å². The maximum atomic E-state index is 5.69. The lowest BCUT2D eigenvalue weighted by atomic mass is 10.2. The first-order valence-electron chi connectivity index (χ1n) is 6.03. The van der Waals surface area contributed by atoms with E-state index in [0.29, 0.717) is 18.8 Å². The zero-order valence-electron chi connectivity index (χ0n) is 11.3. The average molecular weight is 361 g/mol. The molecule has 0 aliphatic carbocycles. The predicted octanol–water partition coefficient (Wildman–Crippen LogP) is 2.89. The molecule has 0 fully saturated rings. The number of ether oxygens (including phenoxy) is 2. The number of aryl methyl sites for hydroxylation is 1. The second-order valence-corrected chi connectivity index (χ2v) is 5.38. The van der Waals surface area contributed by atoms with Crippen LogP contribution in [-0.4, -0.2) is 35.1 Å². The van der Waals surface area contributed by atoms with Gasteiger partial charge in [0.1, 0.15) is 11.5 Å². The Morgan fingerprint density at radius 3 is 2.65 bits per heavy atom.